The summed E-state index contributed by atoms with van der Waals surface area (Å²) in [5.41, 5.74) is 0. The number of amides is 1. The van der Waals surface area contributed by atoms with E-state index >= 15 is 0 Å². The zero-order valence-electron chi connectivity index (χ0n) is 10.2. The predicted octanol–water partition coefficient (Wildman–Crippen LogP) is 1.32. The van der Waals surface area contributed by atoms with Crippen LogP contribution >= 0.6 is 0 Å². The van der Waals surface area contributed by atoms with E-state index in [1.165, 1.54) is 0 Å². The monoisotopic (exact) mass is 283 g/mol. The van der Waals surface area contributed by atoms with Crippen molar-refractivity contribution in [3.8, 4) is 0 Å². The van der Waals surface area contributed by atoms with Crippen molar-refractivity contribution in [1.82, 2.24) is 5.32 Å². The Hall–Kier alpha value is -1.31. The van der Waals surface area contributed by atoms with E-state index in [1.54, 1.807) is 0 Å². The van der Waals surface area contributed by atoms with E-state index < -0.39 is 37.2 Å². The number of carbonyl (C=O) groups is 2. The van der Waals surface area contributed by atoms with Crippen LogP contribution in [0.15, 0.2) is 0 Å². The number of carbonyl (C=O) groups excluding carboxylic acids is 1. The molecule has 1 rings (SSSR count). The van der Waals surface area contributed by atoms with E-state index in [2.05, 4.69) is 10.1 Å². The highest BCUT2D eigenvalue weighted by molar-refractivity contribution is 5.78. The van der Waals surface area contributed by atoms with E-state index in [4.69, 9.17) is 5.11 Å². The smallest absolute Gasteiger partial charge is 0.391 e. The molecular formula is C11H16F3NO4. The topological polar surface area (TPSA) is 75.6 Å². The second kappa shape index (κ2) is 6.74. The first-order chi connectivity index (χ1) is 8.79. The summed E-state index contributed by atoms with van der Waals surface area (Å²) in [6.07, 6.45) is -3.61. The maximum Gasteiger partial charge on any atom is 0.391 e. The minimum absolute atomic E-state index is 0.00439. The van der Waals surface area contributed by atoms with Gasteiger partial charge in [0.2, 0.25) is 5.91 Å². The van der Waals surface area contributed by atoms with Gasteiger partial charge in [0, 0.05) is 6.04 Å². The molecule has 1 fully saturated rings. The largest absolute Gasteiger partial charge is 0.480 e. The number of alkyl halides is 3. The van der Waals surface area contributed by atoms with Gasteiger partial charge in [0.15, 0.2) is 0 Å². The molecule has 0 unspecified atom stereocenters. The quantitative estimate of drug-likeness (QED) is 0.798. The van der Waals surface area contributed by atoms with Crippen molar-refractivity contribution in [1.29, 1.82) is 0 Å². The zero-order chi connectivity index (χ0) is 14.5. The molecule has 8 heteroatoms. The minimum atomic E-state index is -4.17. The second-order valence-electron chi connectivity index (χ2n) is 4.54. The molecule has 0 aromatic heterocycles. The molecule has 0 aliphatic heterocycles. The summed E-state index contributed by atoms with van der Waals surface area (Å²) in [6, 6.07) is -0.292. The molecule has 1 saturated carbocycles. The molecule has 1 amide bonds. The molecule has 0 bridgehead atoms. The fourth-order valence-corrected chi connectivity index (χ4v) is 2.07. The molecule has 1 aliphatic carbocycles. The van der Waals surface area contributed by atoms with E-state index in [9.17, 15) is 22.8 Å². The summed E-state index contributed by atoms with van der Waals surface area (Å²) >= 11 is 0. The number of rotatable bonds is 5. The van der Waals surface area contributed by atoms with Crippen LogP contribution in [0.5, 0.6) is 0 Å². The lowest BCUT2D eigenvalue weighted by Gasteiger charge is -2.30. The molecule has 0 aromatic carbocycles. The van der Waals surface area contributed by atoms with Crippen LogP contribution in [0.1, 0.15) is 25.7 Å². The van der Waals surface area contributed by atoms with Crippen molar-refractivity contribution in [3.05, 3.63) is 0 Å². The molecule has 110 valence electrons. The Labute approximate surface area is 108 Å². The summed E-state index contributed by atoms with van der Waals surface area (Å²) in [6.45, 7) is -0.972. The van der Waals surface area contributed by atoms with Crippen LogP contribution in [0.2, 0.25) is 0 Å². The summed E-state index contributed by atoms with van der Waals surface area (Å²) in [7, 11) is 0. The fourth-order valence-electron chi connectivity index (χ4n) is 2.07. The first kappa shape index (κ1) is 15.7. The molecule has 0 heterocycles. The highest BCUT2D eigenvalue weighted by Crippen LogP contribution is 2.37. The van der Waals surface area contributed by atoms with Gasteiger partial charge < -0.3 is 15.2 Å². The first-order valence-electron chi connectivity index (χ1n) is 5.94. The van der Waals surface area contributed by atoms with Crippen LogP contribution in [-0.4, -0.2) is 42.4 Å². The number of halogens is 3. The predicted molar refractivity (Wildman–Crippen MR) is 58.4 cm³/mol. The standard InChI is InChI=1S/C11H16F3NO4/c12-11(13,14)7-1-3-8(4-2-7)15-9(16)5-19-6-10(17)18/h7-8H,1-6H2,(H,15,16)(H,17,18). The number of ether oxygens (including phenoxy) is 1. The average molecular weight is 283 g/mol. The molecule has 0 atom stereocenters. The maximum absolute atomic E-state index is 12.4. The van der Waals surface area contributed by atoms with Crippen LogP contribution in [-0.2, 0) is 14.3 Å². The van der Waals surface area contributed by atoms with Crippen molar-refractivity contribution in [3.63, 3.8) is 0 Å². The summed E-state index contributed by atoms with van der Waals surface area (Å²) in [5.74, 6) is -2.97. The third-order valence-electron chi connectivity index (χ3n) is 3.01. The molecule has 0 radical (unpaired) electrons. The summed E-state index contributed by atoms with van der Waals surface area (Å²) in [5, 5.41) is 10.8. The molecule has 1 aliphatic rings. The van der Waals surface area contributed by atoms with Gasteiger partial charge in [-0.2, -0.15) is 13.2 Å². The van der Waals surface area contributed by atoms with Gasteiger partial charge in [0.1, 0.15) is 13.2 Å². The first-order valence-corrected chi connectivity index (χ1v) is 5.94. The van der Waals surface area contributed by atoms with Crippen molar-refractivity contribution >= 4 is 11.9 Å². The SMILES string of the molecule is O=C(O)COCC(=O)NC1CCC(C(F)(F)F)CC1. The number of carboxylic acids is 1. The highest BCUT2D eigenvalue weighted by Gasteiger charge is 2.41. The third kappa shape index (κ3) is 5.91. The van der Waals surface area contributed by atoms with Crippen molar-refractivity contribution in [2.75, 3.05) is 13.2 Å². The van der Waals surface area contributed by atoms with Gasteiger partial charge in [0.05, 0.1) is 5.92 Å². The van der Waals surface area contributed by atoms with E-state index in [-0.39, 0.29) is 31.7 Å². The number of aliphatic carboxylic acids is 1. The molecule has 0 saturated heterocycles. The van der Waals surface area contributed by atoms with Gasteiger partial charge in [0.25, 0.3) is 0 Å². The lowest BCUT2D eigenvalue weighted by molar-refractivity contribution is -0.182. The molecule has 5 nitrogen and oxygen atoms in total. The van der Waals surface area contributed by atoms with Crippen molar-refractivity contribution in [2.24, 2.45) is 5.92 Å². The zero-order valence-corrected chi connectivity index (χ0v) is 10.2. The normalized spacial score (nSPS) is 23.9. The van der Waals surface area contributed by atoms with Crippen molar-refractivity contribution in [2.45, 2.75) is 37.9 Å². The Kier molecular flexibility index (Phi) is 5.59. The summed E-state index contributed by atoms with van der Waals surface area (Å²) < 4.78 is 41.8. The molecule has 19 heavy (non-hydrogen) atoms. The third-order valence-corrected chi connectivity index (χ3v) is 3.01. The Morgan fingerprint density at radius 2 is 1.74 bits per heavy atom. The van der Waals surface area contributed by atoms with Gasteiger partial charge in [-0.25, -0.2) is 4.79 Å². The number of nitrogens with one attached hydrogen (secondary N) is 1. The Morgan fingerprint density at radius 3 is 2.21 bits per heavy atom. The molecule has 0 aromatic rings. The van der Waals surface area contributed by atoms with E-state index in [0.717, 1.165) is 0 Å². The second-order valence-corrected chi connectivity index (χ2v) is 4.54. The number of hydrogen-bond acceptors (Lipinski definition) is 3. The van der Waals surface area contributed by atoms with Crippen LogP contribution in [0.25, 0.3) is 0 Å². The molecule has 0 spiro atoms. The van der Waals surface area contributed by atoms with Gasteiger partial charge >= 0.3 is 12.1 Å². The Morgan fingerprint density at radius 1 is 1.16 bits per heavy atom. The number of hydrogen-bond donors (Lipinski definition) is 2. The van der Waals surface area contributed by atoms with Crippen molar-refractivity contribution < 1.29 is 32.6 Å². The van der Waals surface area contributed by atoms with Crippen LogP contribution in [0, 0.1) is 5.92 Å². The van der Waals surface area contributed by atoms with Gasteiger partial charge in [-0.1, -0.05) is 0 Å². The van der Waals surface area contributed by atoms with E-state index in [1.807, 2.05) is 0 Å². The minimum Gasteiger partial charge on any atom is -0.480 e. The van der Waals surface area contributed by atoms with Crippen LogP contribution in [0.3, 0.4) is 0 Å². The Balaban J connectivity index is 2.22. The average Bonchev–Trinajstić information content (AvgIpc) is 2.27. The number of carboxylic acid groups (broad SMARTS) is 1. The van der Waals surface area contributed by atoms with Crippen LogP contribution in [0.4, 0.5) is 13.2 Å². The van der Waals surface area contributed by atoms with Gasteiger partial charge in [-0.15, -0.1) is 0 Å². The van der Waals surface area contributed by atoms with E-state index in [0.29, 0.717) is 0 Å². The van der Waals surface area contributed by atoms with Gasteiger partial charge in [-0.05, 0) is 25.7 Å². The highest BCUT2D eigenvalue weighted by atomic mass is 19.4. The lowest BCUT2D eigenvalue weighted by atomic mass is 9.85. The lowest BCUT2D eigenvalue weighted by Crippen LogP contribution is -2.41. The Bertz CT molecular complexity index is 324. The van der Waals surface area contributed by atoms with Crippen LogP contribution < -0.4 is 5.32 Å². The van der Waals surface area contributed by atoms with Gasteiger partial charge in [-0.3, -0.25) is 4.79 Å². The fraction of sp³-hybridized carbons (Fsp3) is 0.818. The molecular weight excluding hydrogens is 267 g/mol. The summed E-state index contributed by atoms with van der Waals surface area (Å²) in [4.78, 5) is 21.5. The molecule has 2 N–H and O–H groups in total. The maximum atomic E-state index is 12.4.